The van der Waals surface area contributed by atoms with Crippen molar-refractivity contribution in [1.82, 2.24) is 34.3 Å². The molecule has 3 aromatic heterocycles. The highest BCUT2D eigenvalue weighted by molar-refractivity contribution is 5.86. The molecule has 0 radical (unpaired) electrons. The van der Waals surface area contributed by atoms with Crippen LogP contribution in [0.2, 0.25) is 0 Å². The van der Waals surface area contributed by atoms with E-state index in [1.54, 1.807) is 30.4 Å². The standard InChI is InChI=1S/C24H24N8O/c1-24(2,3)32-20-10-9-16(28-23-26-12-11-21(30-23)33-4)13-18(20)29-22(32)17-7-5-6-8-19(17)31-15-25-14-27-31/h5-15H,1-4H3,(H,26,28,30). The SMILES string of the molecule is COc1ccnc(Nc2ccc3c(c2)nc(-c2ccccc2-n2cncn2)n3C(C)(C)C)n1. The molecule has 5 aromatic rings. The largest absolute Gasteiger partial charge is 0.481 e. The van der Waals surface area contributed by atoms with Crippen molar-refractivity contribution in [2.75, 3.05) is 12.4 Å². The first-order valence-electron chi connectivity index (χ1n) is 10.6. The van der Waals surface area contributed by atoms with Crippen LogP contribution in [0.1, 0.15) is 20.8 Å². The van der Waals surface area contributed by atoms with E-state index in [0.717, 1.165) is 33.8 Å². The summed E-state index contributed by atoms with van der Waals surface area (Å²) in [5, 5.41) is 7.57. The van der Waals surface area contributed by atoms with Gasteiger partial charge in [0.1, 0.15) is 18.5 Å². The second kappa shape index (κ2) is 8.01. The molecule has 33 heavy (non-hydrogen) atoms. The van der Waals surface area contributed by atoms with Crippen LogP contribution >= 0.6 is 0 Å². The third kappa shape index (κ3) is 3.89. The lowest BCUT2D eigenvalue weighted by Gasteiger charge is -2.25. The lowest BCUT2D eigenvalue weighted by molar-refractivity contribution is 0.397. The van der Waals surface area contributed by atoms with E-state index in [1.165, 1.54) is 6.33 Å². The molecule has 5 rings (SSSR count). The van der Waals surface area contributed by atoms with Crippen molar-refractivity contribution in [1.29, 1.82) is 0 Å². The van der Waals surface area contributed by atoms with Crippen molar-refractivity contribution in [3.63, 3.8) is 0 Å². The van der Waals surface area contributed by atoms with Crippen molar-refractivity contribution < 1.29 is 4.74 Å². The maximum absolute atomic E-state index is 5.19. The normalized spacial score (nSPS) is 11.6. The zero-order valence-corrected chi connectivity index (χ0v) is 18.9. The van der Waals surface area contributed by atoms with Crippen LogP contribution in [0.5, 0.6) is 5.88 Å². The van der Waals surface area contributed by atoms with Crippen LogP contribution in [0.25, 0.3) is 28.1 Å². The number of hydrogen-bond donors (Lipinski definition) is 1. The van der Waals surface area contributed by atoms with Crippen LogP contribution in [-0.2, 0) is 5.54 Å². The fourth-order valence-electron chi connectivity index (χ4n) is 3.86. The molecule has 0 aliphatic carbocycles. The second-order valence-electron chi connectivity index (χ2n) is 8.55. The highest BCUT2D eigenvalue weighted by atomic mass is 16.5. The topological polar surface area (TPSA) is 95.6 Å². The van der Waals surface area contributed by atoms with Gasteiger partial charge >= 0.3 is 0 Å². The van der Waals surface area contributed by atoms with Crippen LogP contribution < -0.4 is 10.1 Å². The minimum Gasteiger partial charge on any atom is -0.481 e. The Hall–Kier alpha value is -4.27. The molecule has 0 fully saturated rings. The lowest BCUT2D eigenvalue weighted by atomic mass is 10.1. The van der Waals surface area contributed by atoms with E-state index < -0.39 is 0 Å². The third-order valence-electron chi connectivity index (χ3n) is 5.23. The summed E-state index contributed by atoms with van der Waals surface area (Å²) in [6.45, 7) is 6.52. The van der Waals surface area contributed by atoms with E-state index >= 15 is 0 Å². The molecule has 0 bridgehead atoms. The zero-order valence-electron chi connectivity index (χ0n) is 18.9. The molecule has 0 spiro atoms. The maximum Gasteiger partial charge on any atom is 0.230 e. The van der Waals surface area contributed by atoms with Crippen LogP contribution in [0.15, 0.2) is 67.4 Å². The zero-order chi connectivity index (χ0) is 23.0. The monoisotopic (exact) mass is 440 g/mol. The van der Waals surface area contributed by atoms with Crippen LogP contribution in [0, 0.1) is 0 Å². The van der Waals surface area contributed by atoms with Gasteiger partial charge < -0.3 is 14.6 Å². The first-order chi connectivity index (χ1) is 15.9. The highest BCUT2D eigenvalue weighted by Gasteiger charge is 2.24. The molecule has 0 aliphatic rings. The Morgan fingerprint density at radius 2 is 1.85 bits per heavy atom. The van der Waals surface area contributed by atoms with Gasteiger partial charge in [-0.25, -0.2) is 19.6 Å². The molecule has 0 amide bonds. The lowest BCUT2D eigenvalue weighted by Crippen LogP contribution is -2.23. The van der Waals surface area contributed by atoms with Crippen molar-refractivity contribution >= 4 is 22.7 Å². The Labute approximate surface area is 191 Å². The fraction of sp³-hybridized carbons (Fsp3) is 0.208. The summed E-state index contributed by atoms with van der Waals surface area (Å²) in [4.78, 5) is 17.8. The molecular weight excluding hydrogens is 416 g/mol. The molecule has 0 saturated heterocycles. The summed E-state index contributed by atoms with van der Waals surface area (Å²) in [5.41, 5.74) is 4.41. The van der Waals surface area contributed by atoms with Crippen LogP contribution in [0.3, 0.4) is 0 Å². The van der Waals surface area contributed by atoms with Gasteiger partial charge in [-0.05, 0) is 51.1 Å². The first kappa shape index (κ1) is 20.6. The maximum atomic E-state index is 5.19. The van der Waals surface area contributed by atoms with Gasteiger partial charge in [0.15, 0.2) is 0 Å². The number of fused-ring (bicyclic) bond motifs is 1. The Bertz CT molecular complexity index is 1420. The number of nitrogens with one attached hydrogen (secondary N) is 1. The number of aromatic nitrogens is 7. The predicted molar refractivity (Wildman–Crippen MR) is 127 cm³/mol. The van der Waals surface area contributed by atoms with Gasteiger partial charge in [0.2, 0.25) is 11.8 Å². The van der Waals surface area contributed by atoms with E-state index in [0.29, 0.717) is 11.8 Å². The van der Waals surface area contributed by atoms with Gasteiger partial charge in [-0.3, -0.25) is 0 Å². The number of benzene rings is 2. The number of methoxy groups -OCH3 is 1. The van der Waals surface area contributed by atoms with E-state index in [9.17, 15) is 0 Å². The Morgan fingerprint density at radius 1 is 1.00 bits per heavy atom. The molecule has 0 unspecified atom stereocenters. The Balaban J connectivity index is 1.64. The minimum atomic E-state index is -0.204. The average Bonchev–Trinajstić information content (AvgIpc) is 3.47. The number of imidazole rings is 1. The van der Waals surface area contributed by atoms with Crippen molar-refractivity contribution in [3.8, 4) is 23.0 Å². The number of nitrogens with zero attached hydrogens (tertiary/aromatic N) is 7. The smallest absolute Gasteiger partial charge is 0.230 e. The number of rotatable bonds is 5. The second-order valence-corrected chi connectivity index (χ2v) is 8.55. The van der Waals surface area contributed by atoms with Gasteiger partial charge in [0, 0.05) is 29.1 Å². The van der Waals surface area contributed by atoms with E-state index in [1.807, 2.05) is 30.3 Å². The van der Waals surface area contributed by atoms with Gasteiger partial charge in [0.25, 0.3) is 0 Å². The number of anilines is 2. The third-order valence-corrected chi connectivity index (χ3v) is 5.23. The van der Waals surface area contributed by atoms with Crippen LogP contribution in [-0.4, -0.2) is 41.4 Å². The van der Waals surface area contributed by atoms with Crippen molar-refractivity contribution in [3.05, 3.63) is 67.4 Å². The molecule has 9 heteroatoms. The van der Waals surface area contributed by atoms with Gasteiger partial charge in [-0.15, -0.1) is 0 Å². The van der Waals surface area contributed by atoms with Crippen LogP contribution in [0.4, 0.5) is 11.6 Å². The number of para-hydroxylation sites is 1. The fourth-order valence-corrected chi connectivity index (χ4v) is 3.86. The first-order valence-corrected chi connectivity index (χ1v) is 10.6. The predicted octanol–water partition coefficient (Wildman–Crippen LogP) is 4.58. The molecule has 0 atom stereocenters. The van der Waals surface area contributed by atoms with Gasteiger partial charge in [-0.2, -0.15) is 10.1 Å². The van der Waals surface area contributed by atoms with E-state index in [4.69, 9.17) is 9.72 Å². The Morgan fingerprint density at radius 3 is 2.61 bits per heavy atom. The minimum absolute atomic E-state index is 0.204. The summed E-state index contributed by atoms with van der Waals surface area (Å²) in [5.74, 6) is 1.82. The number of ether oxygens (including phenoxy) is 1. The van der Waals surface area contributed by atoms with Gasteiger partial charge in [0.05, 0.1) is 23.8 Å². The number of hydrogen-bond acceptors (Lipinski definition) is 7. The Kier molecular flexibility index (Phi) is 5.01. The highest BCUT2D eigenvalue weighted by Crippen LogP contribution is 2.35. The average molecular weight is 441 g/mol. The summed E-state index contributed by atoms with van der Waals surface area (Å²) in [7, 11) is 1.58. The summed E-state index contributed by atoms with van der Waals surface area (Å²) in [6.07, 6.45) is 4.88. The molecule has 3 heterocycles. The van der Waals surface area contributed by atoms with E-state index in [2.05, 4.69) is 62.8 Å². The summed E-state index contributed by atoms with van der Waals surface area (Å²) in [6, 6.07) is 15.9. The summed E-state index contributed by atoms with van der Waals surface area (Å²) < 4.78 is 9.20. The molecule has 0 aliphatic heterocycles. The van der Waals surface area contributed by atoms with E-state index in [-0.39, 0.29) is 5.54 Å². The summed E-state index contributed by atoms with van der Waals surface area (Å²) >= 11 is 0. The molecule has 9 nitrogen and oxygen atoms in total. The molecule has 2 aromatic carbocycles. The van der Waals surface area contributed by atoms with Crippen molar-refractivity contribution in [2.24, 2.45) is 0 Å². The van der Waals surface area contributed by atoms with Gasteiger partial charge in [-0.1, -0.05) is 12.1 Å². The quantitative estimate of drug-likeness (QED) is 0.427. The van der Waals surface area contributed by atoms with Crippen molar-refractivity contribution in [2.45, 2.75) is 26.3 Å². The molecule has 166 valence electrons. The molecule has 1 N–H and O–H groups in total. The molecule has 0 saturated carbocycles. The molecular formula is C24H24N8O.